The highest BCUT2D eigenvalue weighted by Gasteiger charge is 2.04. The van der Waals surface area contributed by atoms with Crippen LogP contribution in [0.15, 0.2) is 42.5 Å². The molecule has 0 saturated carbocycles. The summed E-state index contributed by atoms with van der Waals surface area (Å²) < 4.78 is 9.82. The number of carbonyl (C=O) groups is 2. The fourth-order valence-electron chi connectivity index (χ4n) is 1.97. The van der Waals surface area contributed by atoms with Gasteiger partial charge < -0.3 is 9.47 Å². The van der Waals surface area contributed by atoms with Crippen molar-refractivity contribution in [3.05, 3.63) is 64.7 Å². The molecule has 0 aromatic heterocycles. The van der Waals surface area contributed by atoms with E-state index in [1.165, 1.54) is 14.2 Å². The van der Waals surface area contributed by atoms with Gasteiger partial charge in [0.15, 0.2) is 6.29 Å². The normalized spacial score (nSPS) is 10.5. The first-order valence-corrected chi connectivity index (χ1v) is 6.67. The molecule has 0 aliphatic rings. The summed E-state index contributed by atoms with van der Waals surface area (Å²) in [4.78, 5) is 22.2. The molecule has 0 unspecified atom stereocenters. The summed E-state index contributed by atoms with van der Waals surface area (Å²) in [7, 11) is 2.88. The molecule has 2 rings (SSSR count). The second kappa shape index (κ2) is 7.22. The second-order valence-electron chi connectivity index (χ2n) is 4.57. The lowest BCUT2D eigenvalue weighted by Crippen LogP contribution is -2.00. The maximum atomic E-state index is 11.4. The van der Waals surface area contributed by atoms with Gasteiger partial charge in [-0.2, -0.15) is 0 Å². The lowest BCUT2D eigenvalue weighted by Gasteiger charge is -2.04. The van der Waals surface area contributed by atoms with Crippen LogP contribution in [-0.2, 0) is 4.74 Å². The average molecular weight is 296 g/mol. The van der Waals surface area contributed by atoms with Crippen LogP contribution in [0.2, 0.25) is 0 Å². The molecule has 0 radical (unpaired) electrons. The van der Waals surface area contributed by atoms with Gasteiger partial charge in [-0.1, -0.05) is 30.4 Å². The Balaban J connectivity index is 2.18. The van der Waals surface area contributed by atoms with Crippen LogP contribution < -0.4 is 4.74 Å². The Morgan fingerprint density at radius 2 is 1.59 bits per heavy atom. The third-order valence-electron chi connectivity index (χ3n) is 3.18. The van der Waals surface area contributed by atoms with Crippen LogP contribution in [0.25, 0.3) is 12.2 Å². The zero-order chi connectivity index (χ0) is 15.9. The van der Waals surface area contributed by atoms with Crippen LogP contribution in [0.5, 0.6) is 5.75 Å². The first-order chi connectivity index (χ1) is 10.7. The molecule has 0 N–H and O–H groups in total. The molecule has 0 aliphatic heterocycles. The Hall–Kier alpha value is -2.88. The van der Waals surface area contributed by atoms with Gasteiger partial charge in [0, 0.05) is 0 Å². The first kappa shape index (κ1) is 15.5. The zero-order valence-electron chi connectivity index (χ0n) is 12.4. The highest BCUT2D eigenvalue weighted by molar-refractivity contribution is 5.89. The third-order valence-corrected chi connectivity index (χ3v) is 3.18. The third kappa shape index (κ3) is 3.61. The van der Waals surface area contributed by atoms with Crippen molar-refractivity contribution in [1.29, 1.82) is 0 Å². The fraction of sp³-hybridized carbons (Fsp3) is 0.111. The van der Waals surface area contributed by atoms with E-state index >= 15 is 0 Å². The van der Waals surface area contributed by atoms with Gasteiger partial charge in [0.2, 0.25) is 0 Å². The number of hydrogen-bond acceptors (Lipinski definition) is 4. The van der Waals surface area contributed by atoms with Crippen molar-refractivity contribution in [3.63, 3.8) is 0 Å². The molecular weight excluding hydrogens is 280 g/mol. The summed E-state index contributed by atoms with van der Waals surface area (Å²) in [5, 5.41) is 0. The van der Waals surface area contributed by atoms with Crippen molar-refractivity contribution in [2.24, 2.45) is 0 Å². The van der Waals surface area contributed by atoms with Gasteiger partial charge in [0.25, 0.3) is 0 Å². The highest BCUT2D eigenvalue weighted by atomic mass is 16.5. The second-order valence-corrected chi connectivity index (χ2v) is 4.57. The number of rotatable bonds is 5. The van der Waals surface area contributed by atoms with E-state index in [0.717, 1.165) is 17.4 Å². The van der Waals surface area contributed by atoms with E-state index in [2.05, 4.69) is 4.74 Å². The van der Waals surface area contributed by atoms with Gasteiger partial charge in [-0.25, -0.2) is 4.79 Å². The van der Waals surface area contributed by atoms with E-state index in [1.54, 1.807) is 24.3 Å². The summed E-state index contributed by atoms with van der Waals surface area (Å²) >= 11 is 0. The Morgan fingerprint density at radius 3 is 2.18 bits per heavy atom. The fourth-order valence-corrected chi connectivity index (χ4v) is 1.97. The molecule has 22 heavy (non-hydrogen) atoms. The lowest BCUT2D eigenvalue weighted by atomic mass is 10.1. The van der Waals surface area contributed by atoms with Crippen LogP contribution in [0.4, 0.5) is 0 Å². The molecule has 2 aromatic carbocycles. The van der Waals surface area contributed by atoms with Crippen LogP contribution in [0.1, 0.15) is 31.8 Å². The standard InChI is InChI=1S/C18H16O4/c1-21-17-11-14(7-10-16(17)12-19)4-3-13-5-8-15(9-6-13)18(20)22-2/h3-12H,1-2H3. The van der Waals surface area contributed by atoms with E-state index in [4.69, 9.17) is 4.74 Å². The van der Waals surface area contributed by atoms with Gasteiger partial charge >= 0.3 is 5.97 Å². The van der Waals surface area contributed by atoms with Gasteiger partial charge in [0.05, 0.1) is 25.3 Å². The number of esters is 1. The van der Waals surface area contributed by atoms with Gasteiger partial charge in [0.1, 0.15) is 5.75 Å². The van der Waals surface area contributed by atoms with Crippen LogP contribution in [-0.4, -0.2) is 26.5 Å². The highest BCUT2D eigenvalue weighted by Crippen LogP contribution is 2.20. The SMILES string of the molecule is COC(=O)c1ccc(C=Cc2ccc(C=O)c(OC)c2)cc1. The Labute approximate surface area is 129 Å². The van der Waals surface area contributed by atoms with Crippen molar-refractivity contribution in [2.45, 2.75) is 0 Å². The summed E-state index contributed by atoms with van der Waals surface area (Å²) in [5.41, 5.74) is 2.89. The summed E-state index contributed by atoms with van der Waals surface area (Å²) in [6.45, 7) is 0. The number of hydrogen-bond donors (Lipinski definition) is 0. The van der Waals surface area contributed by atoms with E-state index < -0.39 is 0 Å². The summed E-state index contributed by atoms with van der Waals surface area (Å²) in [6.07, 6.45) is 4.58. The Morgan fingerprint density at radius 1 is 0.955 bits per heavy atom. The van der Waals surface area contributed by atoms with Crippen molar-refractivity contribution >= 4 is 24.4 Å². The molecule has 0 bridgehead atoms. The van der Waals surface area contributed by atoms with E-state index in [-0.39, 0.29) is 5.97 Å². The molecule has 0 saturated heterocycles. The monoisotopic (exact) mass is 296 g/mol. The zero-order valence-corrected chi connectivity index (χ0v) is 12.4. The minimum Gasteiger partial charge on any atom is -0.496 e. The molecule has 0 atom stereocenters. The molecule has 0 amide bonds. The number of benzene rings is 2. The quantitative estimate of drug-likeness (QED) is 0.481. The molecule has 4 nitrogen and oxygen atoms in total. The predicted octanol–water partition coefficient (Wildman–Crippen LogP) is 3.46. The maximum Gasteiger partial charge on any atom is 0.337 e. The number of carbonyl (C=O) groups excluding carboxylic acids is 2. The molecule has 0 heterocycles. The summed E-state index contributed by atoms with van der Waals surface area (Å²) in [6, 6.07) is 12.4. The number of aldehydes is 1. The van der Waals surface area contributed by atoms with E-state index in [1.807, 2.05) is 30.4 Å². The number of methoxy groups -OCH3 is 2. The molecule has 2 aromatic rings. The van der Waals surface area contributed by atoms with Crippen molar-refractivity contribution in [3.8, 4) is 5.75 Å². The number of ether oxygens (including phenoxy) is 2. The molecule has 0 aliphatic carbocycles. The van der Waals surface area contributed by atoms with Crippen LogP contribution >= 0.6 is 0 Å². The van der Waals surface area contributed by atoms with Gasteiger partial charge in [-0.15, -0.1) is 0 Å². The predicted molar refractivity (Wildman–Crippen MR) is 85.1 cm³/mol. The smallest absolute Gasteiger partial charge is 0.337 e. The largest absolute Gasteiger partial charge is 0.496 e. The topological polar surface area (TPSA) is 52.6 Å². The average Bonchev–Trinajstić information content (AvgIpc) is 2.59. The van der Waals surface area contributed by atoms with Crippen LogP contribution in [0.3, 0.4) is 0 Å². The maximum absolute atomic E-state index is 11.4. The van der Waals surface area contributed by atoms with Crippen molar-refractivity contribution in [2.75, 3.05) is 14.2 Å². The molecule has 4 heteroatoms. The lowest BCUT2D eigenvalue weighted by molar-refractivity contribution is 0.0600. The Kier molecular flexibility index (Phi) is 5.09. The molecule has 0 spiro atoms. The minimum absolute atomic E-state index is 0.357. The van der Waals surface area contributed by atoms with E-state index in [0.29, 0.717) is 16.9 Å². The first-order valence-electron chi connectivity index (χ1n) is 6.67. The molecule has 0 fully saturated rings. The molecule has 112 valence electrons. The van der Waals surface area contributed by atoms with Crippen molar-refractivity contribution < 1.29 is 19.1 Å². The van der Waals surface area contributed by atoms with Crippen molar-refractivity contribution in [1.82, 2.24) is 0 Å². The minimum atomic E-state index is -0.357. The summed E-state index contributed by atoms with van der Waals surface area (Å²) in [5.74, 6) is 0.183. The van der Waals surface area contributed by atoms with Gasteiger partial charge in [-0.05, 0) is 35.4 Å². The van der Waals surface area contributed by atoms with Crippen LogP contribution in [0, 0.1) is 0 Å². The Bertz CT molecular complexity index is 700. The van der Waals surface area contributed by atoms with Gasteiger partial charge in [-0.3, -0.25) is 4.79 Å². The van der Waals surface area contributed by atoms with E-state index in [9.17, 15) is 9.59 Å². The molecular formula is C18H16O4.